The van der Waals surface area contributed by atoms with E-state index in [-0.39, 0.29) is 0 Å². The molecule has 2 atom stereocenters. The van der Waals surface area contributed by atoms with Crippen molar-refractivity contribution in [2.24, 2.45) is 0 Å². The lowest BCUT2D eigenvalue weighted by Gasteiger charge is -2.24. The van der Waals surface area contributed by atoms with E-state index >= 15 is 0 Å². The van der Waals surface area contributed by atoms with Crippen LogP contribution >= 0.6 is 0 Å². The van der Waals surface area contributed by atoms with Crippen molar-refractivity contribution >= 4 is 0 Å². The lowest BCUT2D eigenvalue weighted by atomic mass is 10.1. The van der Waals surface area contributed by atoms with Gasteiger partial charge in [0.2, 0.25) is 12.6 Å². The van der Waals surface area contributed by atoms with Crippen LogP contribution in [0.15, 0.2) is 24.3 Å². The van der Waals surface area contributed by atoms with Crippen molar-refractivity contribution in [1.29, 1.82) is 0 Å². The van der Waals surface area contributed by atoms with Gasteiger partial charge in [-0.1, -0.05) is 24.3 Å². The minimum Gasteiger partial charge on any atom is -0.362 e. The molecule has 2 unspecified atom stereocenters. The first kappa shape index (κ1) is 7.70. The fourth-order valence-electron chi connectivity index (χ4n) is 1.17. The Morgan fingerprint density at radius 1 is 0.917 bits per heavy atom. The fourth-order valence-corrected chi connectivity index (χ4v) is 1.17. The Morgan fingerprint density at radius 2 is 1.33 bits per heavy atom. The maximum absolute atomic E-state index is 9.22. The molecule has 0 saturated heterocycles. The van der Waals surface area contributed by atoms with Gasteiger partial charge >= 0.3 is 0 Å². The maximum atomic E-state index is 9.22. The number of rotatable bonds is 0. The number of benzene rings is 1. The van der Waals surface area contributed by atoms with Crippen LogP contribution in [0.3, 0.4) is 0 Å². The number of fused-ring (bicyclic) bond motifs is 1. The highest BCUT2D eigenvalue weighted by Crippen LogP contribution is 2.31. The Balaban J connectivity index is 2.47. The van der Waals surface area contributed by atoms with Gasteiger partial charge < -0.3 is 10.2 Å². The molecule has 0 saturated carbocycles. The molecular weight excluding hydrogens is 160 g/mol. The van der Waals surface area contributed by atoms with Crippen LogP contribution in [0, 0.1) is 0 Å². The van der Waals surface area contributed by atoms with Crippen molar-refractivity contribution in [3.05, 3.63) is 35.4 Å². The fraction of sp³-hybridized carbons (Fsp3) is 0.250. The summed E-state index contributed by atoms with van der Waals surface area (Å²) >= 11 is 0. The van der Waals surface area contributed by atoms with Gasteiger partial charge in [-0.15, -0.1) is 0 Å². The largest absolute Gasteiger partial charge is 0.362 e. The average Bonchev–Trinajstić information content (AvgIpc) is 2.12. The lowest BCUT2D eigenvalue weighted by molar-refractivity contribution is -0.442. The van der Waals surface area contributed by atoms with Crippen LogP contribution < -0.4 is 0 Å². The Morgan fingerprint density at radius 3 is 1.75 bits per heavy atom. The van der Waals surface area contributed by atoms with Gasteiger partial charge in [-0.05, 0) is 0 Å². The van der Waals surface area contributed by atoms with Crippen LogP contribution in [0.2, 0.25) is 0 Å². The van der Waals surface area contributed by atoms with Crippen molar-refractivity contribution in [3.63, 3.8) is 0 Å². The van der Waals surface area contributed by atoms with E-state index in [0.29, 0.717) is 11.1 Å². The molecule has 2 rings (SSSR count). The first-order valence-corrected chi connectivity index (χ1v) is 3.56. The summed E-state index contributed by atoms with van der Waals surface area (Å²) in [6, 6.07) is 6.85. The summed E-state index contributed by atoms with van der Waals surface area (Å²) in [4.78, 5) is 8.84. The van der Waals surface area contributed by atoms with Gasteiger partial charge in [0.05, 0.1) is 0 Å². The molecule has 0 aliphatic carbocycles. The van der Waals surface area contributed by atoms with Gasteiger partial charge in [-0.25, -0.2) is 0 Å². The summed E-state index contributed by atoms with van der Waals surface area (Å²) < 4.78 is 0. The molecule has 0 amide bonds. The number of hydrogen-bond acceptors (Lipinski definition) is 4. The minimum absolute atomic E-state index is 0.538. The highest BCUT2D eigenvalue weighted by Gasteiger charge is 2.25. The zero-order chi connectivity index (χ0) is 8.55. The van der Waals surface area contributed by atoms with Crippen molar-refractivity contribution in [3.8, 4) is 0 Å². The summed E-state index contributed by atoms with van der Waals surface area (Å²) in [6.45, 7) is 0. The van der Waals surface area contributed by atoms with Gasteiger partial charge in [0.15, 0.2) is 0 Å². The average molecular weight is 168 g/mol. The summed E-state index contributed by atoms with van der Waals surface area (Å²) in [5, 5.41) is 18.4. The van der Waals surface area contributed by atoms with E-state index in [9.17, 15) is 10.2 Å². The molecule has 0 bridgehead atoms. The van der Waals surface area contributed by atoms with Crippen molar-refractivity contribution in [2.75, 3.05) is 0 Å². The van der Waals surface area contributed by atoms with E-state index in [1.165, 1.54) is 0 Å². The monoisotopic (exact) mass is 168 g/mol. The highest BCUT2D eigenvalue weighted by molar-refractivity contribution is 5.29. The zero-order valence-corrected chi connectivity index (χ0v) is 6.18. The van der Waals surface area contributed by atoms with E-state index < -0.39 is 12.6 Å². The lowest BCUT2D eigenvalue weighted by Crippen LogP contribution is -2.18. The third kappa shape index (κ3) is 1.11. The molecule has 2 N–H and O–H groups in total. The molecule has 1 aliphatic rings. The SMILES string of the molecule is OC1OOC(O)c2ccccc21. The molecule has 64 valence electrons. The zero-order valence-electron chi connectivity index (χ0n) is 6.18. The Kier molecular flexibility index (Phi) is 1.82. The van der Waals surface area contributed by atoms with E-state index in [4.69, 9.17) is 0 Å². The van der Waals surface area contributed by atoms with Crippen molar-refractivity contribution < 1.29 is 20.0 Å². The maximum Gasteiger partial charge on any atom is 0.215 e. The molecule has 4 heteroatoms. The molecule has 0 fully saturated rings. The van der Waals surface area contributed by atoms with Crippen LogP contribution in [0.4, 0.5) is 0 Å². The third-order valence-corrected chi connectivity index (χ3v) is 1.77. The van der Waals surface area contributed by atoms with E-state index in [2.05, 4.69) is 9.78 Å². The smallest absolute Gasteiger partial charge is 0.215 e. The van der Waals surface area contributed by atoms with Gasteiger partial charge in [0.1, 0.15) is 0 Å². The molecule has 1 aliphatic heterocycles. The summed E-state index contributed by atoms with van der Waals surface area (Å²) in [7, 11) is 0. The van der Waals surface area contributed by atoms with E-state index in [0.717, 1.165) is 0 Å². The molecule has 1 aromatic carbocycles. The second kappa shape index (κ2) is 2.84. The minimum atomic E-state index is -1.11. The van der Waals surface area contributed by atoms with Crippen LogP contribution in [-0.4, -0.2) is 10.2 Å². The van der Waals surface area contributed by atoms with Gasteiger partial charge in [0, 0.05) is 11.1 Å². The summed E-state index contributed by atoms with van der Waals surface area (Å²) in [5.74, 6) is 0. The van der Waals surface area contributed by atoms with Gasteiger partial charge in [-0.3, -0.25) is 0 Å². The number of aliphatic hydroxyl groups excluding tert-OH is 2. The Hall–Kier alpha value is -0.940. The Labute approximate surface area is 68.9 Å². The molecule has 0 aromatic heterocycles. The Bertz CT molecular complexity index is 257. The van der Waals surface area contributed by atoms with Crippen LogP contribution in [0.25, 0.3) is 0 Å². The topological polar surface area (TPSA) is 58.9 Å². The molecule has 4 nitrogen and oxygen atoms in total. The standard InChI is InChI=1S/C8H8O4/c9-7-5-3-1-2-4-6(5)8(10)12-11-7/h1-4,7-10H. The number of aliphatic hydroxyl groups is 2. The van der Waals surface area contributed by atoms with Crippen LogP contribution in [0.5, 0.6) is 0 Å². The summed E-state index contributed by atoms with van der Waals surface area (Å²) in [6.07, 6.45) is -2.21. The molecule has 12 heavy (non-hydrogen) atoms. The predicted molar refractivity (Wildman–Crippen MR) is 38.5 cm³/mol. The molecule has 1 aromatic rings. The van der Waals surface area contributed by atoms with Crippen LogP contribution in [-0.2, 0) is 9.78 Å². The van der Waals surface area contributed by atoms with Gasteiger partial charge in [-0.2, -0.15) is 9.78 Å². The first-order chi connectivity index (χ1) is 5.79. The molecule has 1 heterocycles. The second-order valence-electron chi connectivity index (χ2n) is 2.53. The normalized spacial score (nSPS) is 28.2. The molecule has 0 spiro atoms. The third-order valence-electron chi connectivity index (χ3n) is 1.77. The first-order valence-electron chi connectivity index (χ1n) is 3.56. The molecule has 0 radical (unpaired) electrons. The van der Waals surface area contributed by atoms with E-state index in [1.54, 1.807) is 24.3 Å². The molecular formula is C8H8O4. The quantitative estimate of drug-likeness (QED) is 0.558. The van der Waals surface area contributed by atoms with Crippen molar-refractivity contribution in [1.82, 2.24) is 0 Å². The van der Waals surface area contributed by atoms with Crippen molar-refractivity contribution in [2.45, 2.75) is 12.6 Å². The van der Waals surface area contributed by atoms with Gasteiger partial charge in [0.25, 0.3) is 0 Å². The predicted octanol–water partition coefficient (Wildman–Crippen LogP) is 0.630. The van der Waals surface area contributed by atoms with Crippen LogP contribution in [0.1, 0.15) is 23.7 Å². The second-order valence-corrected chi connectivity index (χ2v) is 2.53. The highest BCUT2D eigenvalue weighted by atomic mass is 17.2. The number of hydrogen-bond donors (Lipinski definition) is 2. The summed E-state index contributed by atoms with van der Waals surface area (Å²) in [5.41, 5.74) is 1.08. The van der Waals surface area contributed by atoms with E-state index in [1.807, 2.05) is 0 Å².